The molecule has 0 aliphatic carbocycles. The summed E-state index contributed by atoms with van der Waals surface area (Å²) >= 11 is 5.87. The summed E-state index contributed by atoms with van der Waals surface area (Å²) in [5.41, 5.74) is 5.33. The summed E-state index contributed by atoms with van der Waals surface area (Å²) in [6.07, 6.45) is 0. The van der Waals surface area contributed by atoms with Gasteiger partial charge in [-0.1, -0.05) is 48.0 Å². The largest absolute Gasteiger partial charge is 0.320 e. The van der Waals surface area contributed by atoms with Crippen LogP contribution in [0.15, 0.2) is 48.5 Å². The molecule has 0 aliphatic rings. The van der Waals surface area contributed by atoms with Crippen LogP contribution in [0.1, 0.15) is 12.5 Å². The zero-order valence-electron chi connectivity index (χ0n) is 10.9. The van der Waals surface area contributed by atoms with Crippen molar-refractivity contribution in [2.45, 2.75) is 12.5 Å². The van der Waals surface area contributed by atoms with Gasteiger partial charge < -0.3 is 11.1 Å². The van der Waals surface area contributed by atoms with Crippen LogP contribution >= 0.6 is 11.6 Å². The summed E-state index contributed by atoms with van der Waals surface area (Å²) in [5, 5.41) is 2.57. The zero-order chi connectivity index (χ0) is 14.8. The maximum Gasteiger partial charge on any atom is 0.248 e. The van der Waals surface area contributed by atoms with Gasteiger partial charge >= 0.3 is 0 Å². The van der Waals surface area contributed by atoms with Crippen LogP contribution in [-0.2, 0) is 10.3 Å². The number of nitrogens with two attached hydrogens (primary N) is 1. The maximum absolute atomic E-state index is 13.7. The first-order valence-electron chi connectivity index (χ1n) is 6.03. The first-order valence-corrected chi connectivity index (χ1v) is 6.40. The standard InChI is InChI=1S/C15H14ClFN2O/c1-15(18,10-6-3-2-4-7-10)14(20)19-13-11(16)8-5-9-12(13)17/h2-9H,18H2,1H3,(H,19,20). The van der Waals surface area contributed by atoms with Crippen LogP contribution < -0.4 is 11.1 Å². The number of nitrogens with one attached hydrogen (secondary N) is 1. The molecule has 2 aromatic carbocycles. The number of carbonyl (C=O) groups excluding carboxylic acids is 1. The van der Waals surface area contributed by atoms with E-state index in [0.29, 0.717) is 5.56 Å². The predicted octanol–water partition coefficient (Wildman–Crippen LogP) is 3.29. The van der Waals surface area contributed by atoms with E-state index in [9.17, 15) is 9.18 Å². The molecule has 0 heterocycles. The van der Waals surface area contributed by atoms with Crippen LogP contribution in [-0.4, -0.2) is 5.91 Å². The third kappa shape index (κ3) is 2.81. The van der Waals surface area contributed by atoms with E-state index in [-0.39, 0.29) is 10.7 Å². The molecule has 2 rings (SSSR count). The fourth-order valence-corrected chi connectivity index (χ4v) is 1.99. The summed E-state index contributed by atoms with van der Waals surface area (Å²) in [5.74, 6) is -1.13. The third-order valence-electron chi connectivity index (χ3n) is 3.05. The number of rotatable bonds is 3. The van der Waals surface area contributed by atoms with Crippen LogP contribution in [0.5, 0.6) is 0 Å². The fraction of sp³-hybridized carbons (Fsp3) is 0.133. The Kier molecular flexibility index (Phi) is 4.06. The van der Waals surface area contributed by atoms with Gasteiger partial charge in [0.05, 0.1) is 10.7 Å². The molecule has 3 N–H and O–H groups in total. The van der Waals surface area contributed by atoms with Crippen LogP contribution in [0, 0.1) is 5.82 Å². The number of hydrogen-bond donors (Lipinski definition) is 2. The molecule has 2 aromatic rings. The van der Waals surface area contributed by atoms with Crippen LogP contribution in [0.2, 0.25) is 5.02 Å². The summed E-state index contributed by atoms with van der Waals surface area (Å²) in [6.45, 7) is 1.56. The molecule has 0 fully saturated rings. The normalized spacial score (nSPS) is 13.6. The van der Waals surface area contributed by atoms with Crippen molar-refractivity contribution < 1.29 is 9.18 Å². The van der Waals surface area contributed by atoms with E-state index < -0.39 is 17.3 Å². The molecule has 1 unspecified atom stereocenters. The molecule has 20 heavy (non-hydrogen) atoms. The average molecular weight is 293 g/mol. The first-order chi connectivity index (χ1) is 9.43. The Labute approximate surface area is 121 Å². The lowest BCUT2D eigenvalue weighted by molar-refractivity contribution is -0.120. The molecule has 1 atom stereocenters. The Bertz CT molecular complexity index is 609. The number of amides is 1. The van der Waals surface area contributed by atoms with E-state index in [0.717, 1.165) is 0 Å². The molecule has 0 bridgehead atoms. The van der Waals surface area contributed by atoms with Crippen molar-refractivity contribution in [2.75, 3.05) is 5.32 Å². The van der Waals surface area contributed by atoms with E-state index in [1.165, 1.54) is 18.2 Å². The second kappa shape index (κ2) is 5.61. The molecule has 104 valence electrons. The minimum absolute atomic E-state index is 0.0632. The summed E-state index contributed by atoms with van der Waals surface area (Å²) in [6, 6.07) is 13.0. The third-order valence-corrected chi connectivity index (χ3v) is 3.36. The Hall–Kier alpha value is -1.91. The number of anilines is 1. The molecular formula is C15H14ClFN2O. The minimum atomic E-state index is -1.28. The lowest BCUT2D eigenvalue weighted by Gasteiger charge is -2.24. The number of para-hydroxylation sites is 1. The Morgan fingerprint density at radius 1 is 1.20 bits per heavy atom. The predicted molar refractivity (Wildman–Crippen MR) is 78.0 cm³/mol. The van der Waals surface area contributed by atoms with Gasteiger partial charge in [-0.25, -0.2) is 4.39 Å². The van der Waals surface area contributed by atoms with Crippen molar-refractivity contribution >= 4 is 23.2 Å². The van der Waals surface area contributed by atoms with Crippen molar-refractivity contribution in [1.29, 1.82) is 0 Å². The Balaban J connectivity index is 2.28. The van der Waals surface area contributed by atoms with E-state index in [4.69, 9.17) is 17.3 Å². The highest BCUT2D eigenvalue weighted by Gasteiger charge is 2.31. The van der Waals surface area contributed by atoms with E-state index >= 15 is 0 Å². The van der Waals surface area contributed by atoms with Crippen molar-refractivity contribution in [3.63, 3.8) is 0 Å². The SMILES string of the molecule is CC(N)(C(=O)Nc1c(F)cccc1Cl)c1ccccc1. The summed E-state index contributed by atoms with van der Waals surface area (Å²) < 4.78 is 13.7. The summed E-state index contributed by atoms with van der Waals surface area (Å²) in [4.78, 5) is 12.3. The highest BCUT2D eigenvalue weighted by atomic mass is 35.5. The van der Waals surface area contributed by atoms with Gasteiger partial charge in [-0.2, -0.15) is 0 Å². The average Bonchev–Trinajstić information content (AvgIpc) is 2.43. The molecule has 5 heteroatoms. The van der Waals surface area contributed by atoms with Gasteiger partial charge in [-0.3, -0.25) is 4.79 Å². The minimum Gasteiger partial charge on any atom is -0.320 e. The highest BCUT2D eigenvalue weighted by molar-refractivity contribution is 6.33. The van der Waals surface area contributed by atoms with Gasteiger partial charge in [0, 0.05) is 0 Å². The molecule has 0 radical (unpaired) electrons. The van der Waals surface area contributed by atoms with Gasteiger partial charge in [0.15, 0.2) is 0 Å². The van der Waals surface area contributed by atoms with E-state index in [1.54, 1.807) is 31.2 Å². The lowest BCUT2D eigenvalue weighted by Crippen LogP contribution is -2.45. The van der Waals surface area contributed by atoms with Gasteiger partial charge in [-0.15, -0.1) is 0 Å². The quantitative estimate of drug-likeness (QED) is 0.912. The Morgan fingerprint density at radius 3 is 2.45 bits per heavy atom. The molecule has 1 amide bonds. The number of carbonyl (C=O) groups is 1. The summed E-state index contributed by atoms with van der Waals surface area (Å²) in [7, 11) is 0. The molecule has 0 aliphatic heterocycles. The highest BCUT2D eigenvalue weighted by Crippen LogP contribution is 2.27. The zero-order valence-corrected chi connectivity index (χ0v) is 11.6. The molecule has 0 aromatic heterocycles. The molecule has 0 saturated carbocycles. The number of benzene rings is 2. The van der Waals surface area contributed by atoms with Crippen molar-refractivity contribution in [1.82, 2.24) is 0 Å². The van der Waals surface area contributed by atoms with E-state index in [2.05, 4.69) is 5.32 Å². The number of halogens is 2. The topological polar surface area (TPSA) is 55.1 Å². The van der Waals surface area contributed by atoms with Crippen LogP contribution in [0.4, 0.5) is 10.1 Å². The van der Waals surface area contributed by atoms with Crippen LogP contribution in [0.3, 0.4) is 0 Å². The van der Waals surface area contributed by atoms with Gasteiger partial charge in [-0.05, 0) is 24.6 Å². The van der Waals surface area contributed by atoms with Crippen LogP contribution in [0.25, 0.3) is 0 Å². The van der Waals surface area contributed by atoms with Crippen molar-refractivity contribution in [3.05, 3.63) is 64.9 Å². The lowest BCUT2D eigenvalue weighted by atomic mass is 9.92. The smallest absolute Gasteiger partial charge is 0.248 e. The monoisotopic (exact) mass is 292 g/mol. The second-order valence-electron chi connectivity index (χ2n) is 4.62. The number of hydrogen-bond acceptors (Lipinski definition) is 2. The van der Waals surface area contributed by atoms with Gasteiger partial charge in [0.2, 0.25) is 5.91 Å². The maximum atomic E-state index is 13.7. The van der Waals surface area contributed by atoms with Gasteiger partial charge in [0.25, 0.3) is 0 Å². The molecule has 0 spiro atoms. The molecule has 3 nitrogen and oxygen atoms in total. The molecular weight excluding hydrogens is 279 g/mol. The second-order valence-corrected chi connectivity index (χ2v) is 5.03. The van der Waals surface area contributed by atoms with Crippen molar-refractivity contribution in [2.24, 2.45) is 5.73 Å². The van der Waals surface area contributed by atoms with Gasteiger partial charge in [0.1, 0.15) is 11.4 Å². The van der Waals surface area contributed by atoms with E-state index in [1.807, 2.05) is 6.07 Å². The Morgan fingerprint density at radius 2 is 1.85 bits per heavy atom. The molecule has 0 saturated heterocycles. The van der Waals surface area contributed by atoms with Crippen molar-refractivity contribution in [3.8, 4) is 0 Å². The first kappa shape index (κ1) is 14.5. The fourth-order valence-electron chi connectivity index (χ4n) is 1.78.